The van der Waals surface area contributed by atoms with Gasteiger partial charge in [0.2, 0.25) is 5.95 Å². The van der Waals surface area contributed by atoms with Crippen LogP contribution in [0.3, 0.4) is 0 Å². The number of nitrogens with zero attached hydrogens (tertiary/aromatic N) is 5. The molecule has 1 saturated heterocycles. The van der Waals surface area contributed by atoms with Crippen molar-refractivity contribution in [3.05, 3.63) is 59.2 Å². The fraction of sp³-hybridized carbons (Fsp3) is 0.479. The maximum Gasteiger partial charge on any atom is 0.312 e. The van der Waals surface area contributed by atoms with Crippen molar-refractivity contribution in [1.82, 2.24) is 19.5 Å². The number of nitrogens with two attached hydrogens (primary N) is 1. The Kier molecular flexibility index (Phi) is 15.2. The van der Waals surface area contributed by atoms with Crippen LogP contribution in [0, 0.1) is 30.6 Å². The summed E-state index contributed by atoms with van der Waals surface area (Å²) in [6.45, 7) is 11.4. The molecule has 8 rings (SSSR count). The number of aromatic hydroxyl groups is 3. The third-order valence-electron chi connectivity index (χ3n) is 13.7. The highest BCUT2D eigenvalue weighted by Crippen LogP contribution is 2.55. The standard InChI is InChI=1S/C48H60N8O16/c1-18-11-10-12-19(2)45(67)53-31-25(15-52-55-47-54-32-43(49)50-17-51-44(32)56(47)46-39(65)37(63)27(16-57)71-46)36(62)28-29(38(31)64)35(61)23(6)41-30(28)42(66)48(8,72-41)69-14-13-26(68-9)20(3)40(70-24(7)58)22(5)34(60)21(4)33(18)59/h10-15,17-18,20-22,26-27,33-34,37,39-40,46,57,59-65H,16H2,1-9H3,(H,53,67)(H,54,55)(H2,49,50,51)/b11-10+,14-13+,19-12-,52-15+/t18-,20+,21+,22+,26-,27+,33-,34+,37+,39+,40+,46+,48-/m0/s1. The summed E-state index contributed by atoms with van der Waals surface area (Å²) < 4.78 is 30.6. The molecule has 0 radical (unpaired) electrons. The lowest BCUT2D eigenvalue weighted by Crippen LogP contribution is -2.46. The highest BCUT2D eigenvalue weighted by atomic mass is 16.7. The van der Waals surface area contributed by atoms with E-state index in [-0.39, 0.29) is 45.4 Å². The molecule has 72 heavy (non-hydrogen) atoms. The van der Waals surface area contributed by atoms with Gasteiger partial charge >= 0.3 is 11.8 Å². The van der Waals surface area contributed by atoms with E-state index in [1.807, 2.05) is 0 Å². The van der Waals surface area contributed by atoms with Crippen LogP contribution in [-0.4, -0.2) is 146 Å². The van der Waals surface area contributed by atoms with Gasteiger partial charge in [-0.1, -0.05) is 45.9 Å². The smallest absolute Gasteiger partial charge is 0.312 e. The van der Waals surface area contributed by atoms with E-state index in [9.17, 15) is 55.2 Å². The number of amides is 1. The molecule has 4 aliphatic heterocycles. The molecule has 6 heterocycles. The number of phenols is 3. The zero-order valence-electron chi connectivity index (χ0n) is 40.8. The van der Waals surface area contributed by atoms with Crippen LogP contribution in [0.2, 0.25) is 0 Å². The number of allylic oxidation sites excluding steroid dienone is 2. The van der Waals surface area contributed by atoms with Crippen molar-refractivity contribution in [2.24, 2.45) is 28.8 Å². The number of phenolic OH excluding ortho intramolecular Hbond substituents is 3. The maximum absolute atomic E-state index is 14.7. The molecule has 0 spiro atoms. The van der Waals surface area contributed by atoms with E-state index >= 15 is 0 Å². The number of rotatable bonds is 7. The first-order valence-corrected chi connectivity index (χ1v) is 23.0. The van der Waals surface area contributed by atoms with Crippen molar-refractivity contribution in [3.63, 3.8) is 0 Å². The number of nitrogens with one attached hydrogen (secondary N) is 2. The molecule has 1 amide bonds. The molecule has 0 aliphatic carbocycles. The Morgan fingerprint density at radius 1 is 0.972 bits per heavy atom. The normalized spacial score (nSPS) is 32.1. The predicted molar refractivity (Wildman–Crippen MR) is 258 cm³/mol. The number of ether oxygens (including phenoxy) is 5. The third kappa shape index (κ3) is 9.37. The average molecular weight is 1010 g/mol. The molecule has 2 aromatic heterocycles. The topological polar surface area (TPSA) is 365 Å². The summed E-state index contributed by atoms with van der Waals surface area (Å²) in [6, 6.07) is 0. The van der Waals surface area contributed by atoms with Gasteiger partial charge in [0, 0.05) is 61.2 Å². The number of aromatic nitrogens is 4. The van der Waals surface area contributed by atoms with Gasteiger partial charge in [0.25, 0.3) is 11.7 Å². The minimum absolute atomic E-state index is 0.00991. The molecule has 1 fully saturated rings. The Labute approximate surface area is 412 Å². The zero-order chi connectivity index (χ0) is 52.8. The molecule has 13 atom stereocenters. The highest BCUT2D eigenvalue weighted by molar-refractivity contribution is 6.24. The molecule has 12 N–H and O–H groups in total. The maximum atomic E-state index is 14.7. The van der Waals surface area contributed by atoms with Gasteiger partial charge in [-0.15, -0.1) is 0 Å². The highest BCUT2D eigenvalue weighted by Gasteiger charge is 2.50. The molecule has 24 nitrogen and oxygen atoms in total. The van der Waals surface area contributed by atoms with Gasteiger partial charge in [0.1, 0.15) is 48.0 Å². The zero-order valence-corrected chi connectivity index (χ0v) is 40.8. The molecule has 4 aromatic rings. The largest absolute Gasteiger partial charge is 0.507 e. The summed E-state index contributed by atoms with van der Waals surface area (Å²) in [5.41, 5.74) is 7.50. The number of fused-ring (bicyclic) bond motifs is 15. The lowest BCUT2D eigenvalue weighted by molar-refractivity contribution is -0.160. The second-order valence-electron chi connectivity index (χ2n) is 18.5. The Hall–Kier alpha value is -6.93. The average Bonchev–Trinajstić information content (AvgIpc) is 3.95. The van der Waals surface area contributed by atoms with Crippen molar-refractivity contribution in [1.29, 1.82) is 0 Å². The molecule has 24 heteroatoms. The lowest BCUT2D eigenvalue weighted by Gasteiger charge is -2.38. The molecular formula is C48H60N8O16. The molecule has 388 valence electrons. The molecule has 0 unspecified atom stereocenters. The molecule has 0 saturated carbocycles. The van der Waals surface area contributed by atoms with Crippen LogP contribution < -0.4 is 21.2 Å². The fourth-order valence-corrected chi connectivity index (χ4v) is 9.37. The Balaban J connectivity index is 1.39. The van der Waals surface area contributed by atoms with Crippen LogP contribution in [0.15, 0.2) is 47.6 Å². The number of esters is 1. The fourth-order valence-electron chi connectivity index (χ4n) is 9.37. The summed E-state index contributed by atoms with van der Waals surface area (Å²) in [6.07, 6.45) is -0.801. The number of benzene rings is 2. The minimum atomic E-state index is -2.18. The lowest BCUT2D eigenvalue weighted by atomic mass is 9.78. The summed E-state index contributed by atoms with van der Waals surface area (Å²) in [5, 5.41) is 96.6. The van der Waals surface area contributed by atoms with E-state index in [0.717, 1.165) is 18.8 Å². The Morgan fingerprint density at radius 3 is 2.33 bits per heavy atom. The first kappa shape index (κ1) is 52.9. The predicted octanol–water partition coefficient (Wildman–Crippen LogP) is 2.53. The van der Waals surface area contributed by atoms with Gasteiger partial charge in [0.15, 0.2) is 29.0 Å². The van der Waals surface area contributed by atoms with Crippen LogP contribution >= 0.6 is 0 Å². The Morgan fingerprint density at radius 2 is 1.68 bits per heavy atom. The first-order chi connectivity index (χ1) is 34.0. The van der Waals surface area contributed by atoms with Crippen LogP contribution in [0.1, 0.15) is 76.2 Å². The van der Waals surface area contributed by atoms with Gasteiger partial charge < -0.3 is 75.6 Å². The number of aliphatic hydroxyl groups is 5. The van der Waals surface area contributed by atoms with Crippen molar-refractivity contribution in [2.45, 2.75) is 110 Å². The van der Waals surface area contributed by atoms with E-state index in [1.165, 1.54) is 57.6 Å². The molecule has 4 aliphatic rings. The van der Waals surface area contributed by atoms with E-state index < -0.39 is 142 Å². The number of nitrogen functional groups attached to an aromatic ring is 1. The summed E-state index contributed by atoms with van der Waals surface area (Å²) in [7, 11) is 1.39. The number of anilines is 3. The van der Waals surface area contributed by atoms with Gasteiger partial charge in [0.05, 0.1) is 59.6 Å². The van der Waals surface area contributed by atoms with Crippen LogP contribution in [0.5, 0.6) is 23.0 Å². The third-order valence-corrected chi connectivity index (χ3v) is 13.7. The molecular weight excluding hydrogens is 945 g/mol. The van der Waals surface area contributed by atoms with Gasteiger partial charge in [-0.25, -0.2) is 20.4 Å². The van der Waals surface area contributed by atoms with Crippen LogP contribution in [-0.2, 0) is 28.5 Å². The number of ketones is 1. The van der Waals surface area contributed by atoms with Crippen molar-refractivity contribution in [2.75, 3.05) is 30.2 Å². The van der Waals surface area contributed by atoms with Crippen molar-refractivity contribution >= 4 is 63.3 Å². The van der Waals surface area contributed by atoms with Gasteiger partial charge in [-0.3, -0.25) is 19.0 Å². The second-order valence-corrected chi connectivity index (χ2v) is 18.5. The number of aliphatic hydroxyl groups excluding tert-OH is 5. The monoisotopic (exact) mass is 1000 g/mol. The van der Waals surface area contributed by atoms with Crippen LogP contribution in [0.4, 0.5) is 17.5 Å². The number of Topliss-reactive ketones (excluding diaryl/α,β-unsaturated/α-hetero) is 1. The quantitative estimate of drug-likeness (QED) is 0.0416. The van der Waals surface area contributed by atoms with Crippen LogP contribution in [0.25, 0.3) is 21.9 Å². The van der Waals surface area contributed by atoms with E-state index in [4.69, 9.17) is 29.4 Å². The number of hydrogen-bond acceptors (Lipinski definition) is 22. The summed E-state index contributed by atoms with van der Waals surface area (Å²) >= 11 is 0. The Bertz CT molecular complexity index is 2900. The SMILES string of the molecule is CO[C@H]1/C=C/O[C@@]2(C)Oc3c(C)c(O)c4c(O)c(c(/C=N/Nc5nc6c(N)ncnc6n5[C@@H]5O[C@H](CO)[C@@H](O)[C@H]5O)c(O)c4c3C2=O)NC(=O)/C(C)=C\C=C\[C@H](C)[C@H](O)[C@@H](C)[C@@H](O)[C@@H](C)[C@H](OC(C)=O)[C@@H]1C. The summed E-state index contributed by atoms with van der Waals surface area (Å²) in [5.74, 6) is -10.1. The van der Waals surface area contributed by atoms with Crippen molar-refractivity contribution in [3.8, 4) is 23.0 Å². The number of imidazole rings is 1. The van der Waals surface area contributed by atoms with Gasteiger partial charge in [-0.2, -0.15) is 5.10 Å². The van der Waals surface area contributed by atoms with E-state index in [0.29, 0.717) is 0 Å². The molecule has 2 aromatic carbocycles. The second kappa shape index (κ2) is 20.7. The van der Waals surface area contributed by atoms with E-state index in [2.05, 4.69) is 30.8 Å². The number of carbonyl (C=O) groups excluding carboxylic acids is 3. The number of hydrazone groups is 1. The van der Waals surface area contributed by atoms with E-state index in [1.54, 1.807) is 33.8 Å². The molecule has 5 bridgehead atoms. The minimum Gasteiger partial charge on any atom is -0.507 e. The number of carbonyl (C=O) groups is 3. The van der Waals surface area contributed by atoms with Crippen molar-refractivity contribution < 1.29 is 78.9 Å². The number of methoxy groups -OCH3 is 1. The first-order valence-electron chi connectivity index (χ1n) is 23.0. The summed E-state index contributed by atoms with van der Waals surface area (Å²) in [4.78, 5) is 53.7. The van der Waals surface area contributed by atoms with Gasteiger partial charge in [-0.05, 0) is 19.9 Å². The number of hydrogen-bond donors (Lipinski definition) is 11.